The average molecular weight is 442 g/mol. The van der Waals surface area contributed by atoms with Crippen molar-refractivity contribution >= 4 is 48.8 Å². The minimum Gasteiger partial charge on any atom is -0.496 e. The number of nitrogen functional groups attached to an aromatic ring is 1. The average Bonchev–Trinajstić information content (AvgIpc) is 2.89. The van der Waals surface area contributed by atoms with Crippen LogP contribution >= 0.6 is 31.9 Å². The summed E-state index contributed by atoms with van der Waals surface area (Å²) in [6, 6.07) is 0. The number of pyridine rings is 1. The van der Waals surface area contributed by atoms with Crippen LogP contribution in [0.25, 0.3) is 11.0 Å². The summed E-state index contributed by atoms with van der Waals surface area (Å²) in [6.07, 6.45) is 1.70. The van der Waals surface area contributed by atoms with Gasteiger partial charge in [0.25, 0.3) is 0 Å². The van der Waals surface area contributed by atoms with Gasteiger partial charge in [-0.1, -0.05) is 0 Å². The summed E-state index contributed by atoms with van der Waals surface area (Å²) in [5.74, 6) is 1.01. The Bertz CT molecular complexity index is 908. The molecule has 0 aliphatic carbocycles. The lowest BCUT2D eigenvalue weighted by Gasteiger charge is -2.14. The van der Waals surface area contributed by atoms with Crippen LogP contribution in [0.15, 0.2) is 15.4 Å². The predicted molar refractivity (Wildman–Crippen MR) is 94.5 cm³/mol. The van der Waals surface area contributed by atoms with E-state index in [4.69, 9.17) is 10.5 Å². The van der Waals surface area contributed by atoms with Gasteiger partial charge in [-0.3, -0.25) is 0 Å². The first-order valence-electron chi connectivity index (χ1n) is 6.76. The van der Waals surface area contributed by atoms with E-state index in [-0.39, 0.29) is 5.95 Å². The zero-order valence-corrected chi connectivity index (χ0v) is 15.9. The summed E-state index contributed by atoms with van der Waals surface area (Å²) in [7, 11) is 1.65. The van der Waals surface area contributed by atoms with Gasteiger partial charge >= 0.3 is 0 Å². The first-order valence-corrected chi connectivity index (χ1v) is 8.35. The summed E-state index contributed by atoms with van der Waals surface area (Å²) >= 11 is 6.85. The van der Waals surface area contributed by atoms with E-state index in [0.29, 0.717) is 16.8 Å². The molecule has 7 nitrogen and oxygen atoms in total. The molecule has 2 N–H and O–H groups in total. The molecule has 9 heteroatoms. The second-order valence-electron chi connectivity index (χ2n) is 5.04. The molecular weight excluding hydrogens is 428 g/mol. The van der Waals surface area contributed by atoms with Gasteiger partial charge in [0.2, 0.25) is 5.95 Å². The Labute approximate surface area is 149 Å². The van der Waals surface area contributed by atoms with Gasteiger partial charge in [-0.15, -0.1) is 0 Å². The third kappa shape index (κ3) is 2.78. The van der Waals surface area contributed by atoms with Crippen molar-refractivity contribution < 1.29 is 4.74 Å². The number of halogens is 2. The van der Waals surface area contributed by atoms with E-state index in [1.165, 1.54) is 0 Å². The second kappa shape index (κ2) is 6.04. The highest BCUT2D eigenvalue weighted by atomic mass is 79.9. The molecule has 0 atom stereocenters. The number of hydrogen-bond donors (Lipinski definition) is 1. The van der Waals surface area contributed by atoms with Crippen molar-refractivity contribution in [3.8, 4) is 5.75 Å². The molecule has 0 bridgehead atoms. The molecular formula is C14H14Br2N6O. The Kier molecular flexibility index (Phi) is 4.24. The van der Waals surface area contributed by atoms with E-state index in [9.17, 15) is 0 Å². The second-order valence-corrected chi connectivity index (χ2v) is 6.55. The molecule has 3 heterocycles. The van der Waals surface area contributed by atoms with E-state index < -0.39 is 0 Å². The Morgan fingerprint density at radius 2 is 1.87 bits per heavy atom. The summed E-state index contributed by atoms with van der Waals surface area (Å²) in [4.78, 5) is 12.9. The zero-order valence-electron chi connectivity index (χ0n) is 12.8. The molecule has 0 saturated carbocycles. The standard InChI is InChI=1S/C14H14Br2N6O/c1-6-9(19-11(15)7(2)10(6)23-3)5-22-13-8(4-18-22)12(16)20-14(17)21-13/h4H,5H2,1-3H3,(H2,17,20,21). The third-order valence-corrected chi connectivity index (χ3v) is 5.00. The molecule has 0 amide bonds. The summed E-state index contributed by atoms with van der Waals surface area (Å²) in [5, 5.41) is 5.17. The highest BCUT2D eigenvalue weighted by molar-refractivity contribution is 9.10. The quantitative estimate of drug-likeness (QED) is 0.496. The number of methoxy groups -OCH3 is 1. The third-order valence-electron chi connectivity index (χ3n) is 3.63. The van der Waals surface area contributed by atoms with Crippen LogP contribution in [0.2, 0.25) is 0 Å². The van der Waals surface area contributed by atoms with Gasteiger partial charge in [-0.25, -0.2) is 14.6 Å². The summed E-state index contributed by atoms with van der Waals surface area (Å²) in [6.45, 7) is 4.39. The van der Waals surface area contributed by atoms with Crippen LogP contribution in [0, 0.1) is 13.8 Å². The molecule has 3 aromatic rings. The molecule has 0 fully saturated rings. The van der Waals surface area contributed by atoms with E-state index >= 15 is 0 Å². The van der Waals surface area contributed by atoms with Gasteiger partial charge < -0.3 is 10.5 Å². The highest BCUT2D eigenvalue weighted by Crippen LogP contribution is 2.31. The topological polar surface area (TPSA) is 91.7 Å². The van der Waals surface area contributed by atoms with Crippen LogP contribution in [0.3, 0.4) is 0 Å². The maximum Gasteiger partial charge on any atom is 0.223 e. The predicted octanol–water partition coefficient (Wildman–Crippen LogP) is 3.00. The van der Waals surface area contributed by atoms with Crippen LogP contribution in [-0.4, -0.2) is 31.8 Å². The lowest BCUT2D eigenvalue weighted by atomic mass is 10.1. The SMILES string of the molecule is COc1c(C)c(Br)nc(Cn2ncc3c(Br)nc(N)nc32)c1C. The Hall–Kier alpha value is -1.74. The Morgan fingerprint density at radius 3 is 2.57 bits per heavy atom. The fourth-order valence-corrected chi connectivity index (χ4v) is 3.30. The Morgan fingerprint density at radius 1 is 1.13 bits per heavy atom. The van der Waals surface area contributed by atoms with Crippen molar-refractivity contribution in [3.63, 3.8) is 0 Å². The van der Waals surface area contributed by atoms with Crippen LogP contribution < -0.4 is 10.5 Å². The summed E-state index contributed by atoms with van der Waals surface area (Å²) < 4.78 is 8.61. The number of aromatic nitrogens is 5. The molecule has 23 heavy (non-hydrogen) atoms. The van der Waals surface area contributed by atoms with Crippen LogP contribution in [-0.2, 0) is 6.54 Å². The highest BCUT2D eigenvalue weighted by Gasteiger charge is 2.16. The lowest BCUT2D eigenvalue weighted by Crippen LogP contribution is -2.09. The maximum atomic E-state index is 5.73. The van der Waals surface area contributed by atoms with E-state index in [1.54, 1.807) is 18.0 Å². The van der Waals surface area contributed by atoms with Crippen molar-refractivity contribution in [2.24, 2.45) is 0 Å². The van der Waals surface area contributed by atoms with Crippen molar-refractivity contribution in [2.45, 2.75) is 20.4 Å². The first kappa shape index (κ1) is 16.1. The van der Waals surface area contributed by atoms with Crippen LogP contribution in [0.5, 0.6) is 5.75 Å². The number of nitrogens with two attached hydrogens (primary N) is 1. The molecule has 0 saturated heterocycles. The minimum atomic E-state index is 0.193. The summed E-state index contributed by atoms with van der Waals surface area (Å²) in [5.41, 5.74) is 9.16. The monoisotopic (exact) mass is 440 g/mol. The molecule has 0 aromatic carbocycles. The van der Waals surface area contributed by atoms with Gasteiger partial charge in [0, 0.05) is 11.1 Å². The number of ether oxygens (including phenoxy) is 1. The lowest BCUT2D eigenvalue weighted by molar-refractivity contribution is 0.406. The van der Waals surface area contributed by atoms with E-state index in [2.05, 4.69) is 51.9 Å². The van der Waals surface area contributed by atoms with Crippen molar-refractivity contribution in [1.29, 1.82) is 0 Å². The fraction of sp³-hybridized carbons (Fsp3) is 0.286. The van der Waals surface area contributed by atoms with E-state index in [1.807, 2.05) is 13.8 Å². The number of anilines is 1. The molecule has 3 aromatic heterocycles. The number of hydrogen-bond acceptors (Lipinski definition) is 6. The van der Waals surface area contributed by atoms with Gasteiger partial charge in [-0.2, -0.15) is 10.1 Å². The van der Waals surface area contributed by atoms with Crippen LogP contribution in [0.4, 0.5) is 5.95 Å². The molecule has 0 aliphatic rings. The molecule has 0 radical (unpaired) electrons. The normalized spacial score (nSPS) is 11.2. The minimum absolute atomic E-state index is 0.193. The first-order chi connectivity index (χ1) is 10.9. The smallest absolute Gasteiger partial charge is 0.223 e. The van der Waals surface area contributed by atoms with Gasteiger partial charge in [-0.05, 0) is 45.7 Å². The zero-order chi connectivity index (χ0) is 16.7. The maximum absolute atomic E-state index is 5.73. The molecule has 0 aliphatic heterocycles. The molecule has 0 spiro atoms. The fourth-order valence-electron chi connectivity index (χ4n) is 2.45. The van der Waals surface area contributed by atoms with Gasteiger partial charge in [0.05, 0.1) is 30.9 Å². The number of rotatable bonds is 3. The Balaban J connectivity index is 2.12. The van der Waals surface area contributed by atoms with Crippen molar-refractivity contribution in [3.05, 3.63) is 32.2 Å². The van der Waals surface area contributed by atoms with Gasteiger partial charge in [0.1, 0.15) is 15.0 Å². The number of nitrogens with zero attached hydrogens (tertiary/aromatic N) is 5. The number of fused-ring (bicyclic) bond motifs is 1. The molecule has 120 valence electrons. The van der Waals surface area contributed by atoms with Crippen molar-refractivity contribution in [2.75, 3.05) is 12.8 Å². The molecule has 0 unspecified atom stereocenters. The van der Waals surface area contributed by atoms with E-state index in [0.717, 1.165) is 32.6 Å². The largest absolute Gasteiger partial charge is 0.496 e. The van der Waals surface area contributed by atoms with Crippen molar-refractivity contribution in [1.82, 2.24) is 24.7 Å². The van der Waals surface area contributed by atoms with Gasteiger partial charge in [0.15, 0.2) is 5.65 Å². The molecule has 3 rings (SSSR count). The van der Waals surface area contributed by atoms with Crippen LogP contribution in [0.1, 0.15) is 16.8 Å².